The number of fused-ring (bicyclic) bond motifs is 1. The zero-order valence-electron chi connectivity index (χ0n) is 10.3. The minimum Gasteiger partial charge on any atom is -0.336 e. The number of rotatable bonds is 3. The predicted molar refractivity (Wildman–Crippen MR) is 78.3 cm³/mol. The summed E-state index contributed by atoms with van der Waals surface area (Å²) in [6.45, 7) is 0.319. The van der Waals surface area contributed by atoms with Gasteiger partial charge in [0.1, 0.15) is 10.4 Å². The number of nitrogens with one attached hydrogen (secondary N) is 1. The molecule has 0 aliphatic heterocycles. The summed E-state index contributed by atoms with van der Waals surface area (Å²) in [7, 11) is 0. The molecule has 0 saturated carbocycles. The van der Waals surface area contributed by atoms with Gasteiger partial charge in [0.25, 0.3) is 0 Å². The molecule has 2 heterocycles. The summed E-state index contributed by atoms with van der Waals surface area (Å²) < 4.78 is 15.9. The van der Waals surface area contributed by atoms with Gasteiger partial charge in [0, 0.05) is 6.54 Å². The van der Waals surface area contributed by atoms with Crippen molar-refractivity contribution in [3.8, 4) is 0 Å². The number of halogens is 2. The molecule has 0 unspecified atom stereocenters. The van der Waals surface area contributed by atoms with Gasteiger partial charge in [-0.05, 0) is 40.2 Å². The topological polar surface area (TPSA) is 68.2 Å². The molecule has 0 aliphatic carbocycles. The smallest absolute Gasteiger partial charge is 0.155 e. The van der Waals surface area contributed by atoms with Gasteiger partial charge in [0.05, 0.1) is 11.4 Å². The summed E-state index contributed by atoms with van der Waals surface area (Å²) in [6.07, 6.45) is 0. The lowest BCUT2D eigenvalue weighted by Crippen LogP contribution is -2.01. The molecule has 20 heavy (non-hydrogen) atoms. The number of hydrogen-bond donors (Lipinski definition) is 2. The van der Waals surface area contributed by atoms with Crippen LogP contribution in [0.5, 0.6) is 0 Å². The maximum absolute atomic E-state index is 13.6. The molecule has 0 saturated heterocycles. The SMILES string of the molecule is NCc1nc2ccc(Nc3ccccc3F)nn2c1Br. The van der Waals surface area contributed by atoms with Gasteiger partial charge in [-0.1, -0.05) is 12.1 Å². The van der Waals surface area contributed by atoms with Crippen LogP contribution in [0.15, 0.2) is 41.0 Å². The second-order valence-electron chi connectivity index (χ2n) is 4.15. The third-order valence-corrected chi connectivity index (χ3v) is 3.61. The molecule has 0 aliphatic rings. The highest BCUT2D eigenvalue weighted by Crippen LogP contribution is 2.21. The van der Waals surface area contributed by atoms with Crippen LogP contribution < -0.4 is 11.1 Å². The molecule has 0 radical (unpaired) electrons. The Kier molecular flexibility index (Phi) is 3.37. The Morgan fingerprint density at radius 2 is 2.05 bits per heavy atom. The van der Waals surface area contributed by atoms with Crippen molar-refractivity contribution in [2.75, 3.05) is 5.32 Å². The summed E-state index contributed by atoms with van der Waals surface area (Å²) in [5.74, 6) is 0.186. The second kappa shape index (κ2) is 5.18. The van der Waals surface area contributed by atoms with Gasteiger partial charge >= 0.3 is 0 Å². The van der Waals surface area contributed by atoms with E-state index in [-0.39, 0.29) is 5.82 Å². The zero-order valence-corrected chi connectivity index (χ0v) is 11.9. The summed E-state index contributed by atoms with van der Waals surface area (Å²) in [5.41, 5.74) is 7.37. The first kappa shape index (κ1) is 13.0. The number of anilines is 2. The van der Waals surface area contributed by atoms with E-state index in [2.05, 4.69) is 31.3 Å². The van der Waals surface area contributed by atoms with Gasteiger partial charge in [-0.15, -0.1) is 5.10 Å². The number of hydrogen-bond acceptors (Lipinski definition) is 4. The van der Waals surface area contributed by atoms with Gasteiger partial charge in [-0.25, -0.2) is 13.9 Å². The number of para-hydroxylation sites is 1. The molecule has 0 bridgehead atoms. The summed E-state index contributed by atoms with van der Waals surface area (Å²) in [6, 6.07) is 9.96. The van der Waals surface area contributed by atoms with Crippen molar-refractivity contribution < 1.29 is 4.39 Å². The molecular formula is C13H11BrFN5. The Bertz CT molecular complexity index is 771. The van der Waals surface area contributed by atoms with Crippen LogP contribution in [0.3, 0.4) is 0 Å². The van der Waals surface area contributed by atoms with E-state index in [9.17, 15) is 4.39 Å². The molecule has 2 aromatic heterocycles. The number of nitrogens with zero attached hydrogens (tertiary/aromatic N) is 3. The largest absolute Gasteiger partial charge is 0.336 e. The van der Waals surface area contributed by atoms with Crippen LogP contribution in [0.4, 0.5) is 15.9 Å². The molecule has 102 valence electrons. The van der Waals surface area contributed by atoms with Crippen molar-refractivity contribution >= 4 is 33.1 Å². The molecule has 0 spiro atoms. The molecule has 0 fully saturated rings. The lowest BCUT2D eigenvalue weighted by atomic mass is 10.3. The van der Waals surface area contributed by atoms with Crippen LogP contribution in [0, 0.1) is 5.82 Å². The third kappa shape index (κ3) is 2.25. The fraction of sp³-hybridized carbons (Fsp3) is 0.0769. The van der Waals surface area contributed by atoms with Gasteiger partial charge in [-0.2, -0.15) is 0 Å². The van der Waals surface area contributed by atoms with Crippen molar-refractivity contribution in [2.45, 2.75) is 6.54 Å². The molecule has 5 nitrogen and oxygen atoms in total. The van der Waals surface area contributed by atoms with E-state index in [1.54, 1.807) is 34.8 Å². The fourth-order valence-electron chi connectivity index (χ4n) is 1.85. The van der Waals surface area contributed by atoms with Crippen molar-refractivity contribution in [3.63, 3.8) is 0 Å². The lowest BCUT2D eigenvalue weighted by molar-refractivity contribution is 0.631. The molecular weight excluding hydrogens is 325 g/mol. The third-order valence-electron chi connectivity index (χ3n) is 2.82. The molecule has 3 N–H and O–H groups in total. The minimum absolute atomic E-state index is 0.319. The minimum atomic E-state index is -0.332. The second-order valence-corrected chi connectivity index (χ2v) is 4.90. The summed E-state index contributed by atoms with van der Waals surface area (Å²) >= 11 is 3.40. The number of imidazole rings is 1. The Morgan fingerprint density at radius 3 is 2.80 bits per heavy atom. The average Bonchev–Trinajstić information content (AvgIpc) is 2.78. The van der Waals surface area contributed by atoms with Crippen molar-refractivity contribution in [2.24, 2.45) is 5.73 Å². The van der Waals surface area contributed by atoms with Gasteiger partial charge in [-0.3, -0.25) is 0 Å². The van der Waals surface area contributed by atoms with E-state index in [4.69, 9.17) is 5.73 Å². The standard InChI is InChI=1S/C13H11BrFN5/c14-13-10(7-16)18-12-6-5-11(19-20(12)13)17-9-4-2-1-3-8(9)15/h1-6H,7,16H2,(H,17,19). The van der Waals surface area contributed by atoms with Crippen LogP contribution in [-0.2, 0) is 6.54 Å². The molecule has 1 aromatic carbocycles. The number of aromatic nitrogens is 3. The zero-order chi connectivity index (χ0) is 14.1. The number of nitrogens with two attached hydrogens (primary N) is 1. The van der Waals surface area contributed by atoms with E-state index < -0.39 is 0 Å². The van der Waals surface area contributed by atoms with Gasteiger partial charge in [0.2, 0.25) is 0 Å². The van der Waals surface area contributed by atoms with Crippen LogP contribution in [0.1, 0.15) is 5.69 Å². The van der Waals surface area contributed by atoms with Crippen LogP contribution in [0.25, 0.3) is 5.65 Å². The highest BCUT2D eigenvalue weighted by molar-refractivity contribution is 9.10. The first-order valence-electron chi connectivity index (χ1n) is 5.95. The Hall–Kier alpha value is -1.99. The maximum atomic E-state index is 13.6. The van der Waals surface area contributed by atoms with Crippen molar-refractivity contribution in [3.05, 3.63) is 52.5 Å². The first-order valence-corrected chi connectivity index (χ1v) is 6.74. The highest BCUT2D eigenvalue weighted by Gasteiger charge is 2.10. The highest BCUT2D eigenvalue weighted by atomic mass is 79.9. The van der Waals surface area contributed by atoms with Gasteiger partial charge in [0.15, 0.2) is 11.5 Å². The van der Waals surface area contributed by atoms with E-state index in [0.29, 0.717) is 28.3 Å². The summed E-state index contributed by atoms with van der Waals surface area (Å²) in [4.78, 5) is 4.32. The monoisotopic (exact) mass is 335 g/mol. The Labute approximate surface area is 122 Å². The predicted octanol–water partition coefficient (Wildman–Crippen LogP) is 2.83. The Balaban J connectivity index is 2.01. The Morgan fingerprint density at radius 1 is 1.25 bits per heavy atom. The van der Waals surface area contributed by atoms with Crippen LogP contribution in [0.2, 0.25) is 0 Å². The van der Waals surface area contributed by atoms with E-state index in [0.717, 1.165) is 5.69 Å². The number of benzene rings is 1. The van der Waals surface area contributed by atoms with E-state index >= 15 is 0 Å². The molecule has 3 aromatic rings. The average molecular weight is 336 g/mol. The molecule has 0 atom stereocenters. The molecule has 7 heteroatoms. The van der Waals surface area contributed by atoms with Gasteiger partial charge < -0.3 is 11.1 Å². The molecule has 3 rings (SSSR count). The van der Waals surface area contributed by atoms with E-state index in [1.807, 2.05) is 0 Å². The van der Waals surface area contributed by atoms with Crippen LogP contribution >= 0.6 is 15.9 Å². The van der Waals surface area contributed by atoms with E-state index in [1.165, 1.54) is 6.07 Å². The summed E-state index contributed by atoms with van der Waals surface area (Å²) in [5, 5.41) is 7.29. The quantitative estimate of drug-likeness (QED) is 0.772. The first-order chi connectivity index (χ1) is 9.69. The molecule has 0 amide bonds. The maximum Gasteiger partial charge on any atom is 0.155 e. The van der Waals surface area contributed by atoms with Crippen molar-refractivity contribution in [1.82, 2.24) is 14.6 Å². The normalized spacial score (nSPS) is 10.9. The lowest BCUT2D eigenvalue weighted by Gasteiger charge is -2.06. The van der Waals surface area contributed by atoms with Crippen LogP contribution in [-0.4, -0.2) is 14.6 Å². The van der Waals surface area contributed by atoms with Crippen molar-refractivity contribution in [1.29, 1.82) is 0 Å². The fourth-order valence-corrected chi connectivity index (χ4v) is 2.36.